The molecule has 1 N–H and O–H groups in total. The van der Waals surface area contributed by atoms with Gasteiger partial charge in [-0.2, -0.15) is 0 Å². The summed E-state index contributed by atoms with van der Waals surface area (Å²) in [5, 5.41) is 3.30. The van der Waals surface area contributed by atoms with Crippen molar-refractivity contribution in [3.8, 4) is 0 Å². The zero-order valence-corrected chi connectivity index (χ0v) is 14.8. The number of nitrogens with one attached hydrogen (secondary N) is 1. The predicted molar refractivity (Wildman–Crippen MR) is 92.6 cm³/mol. The smallest absolute Gasteiger partial charge is 0.193 e. The van der Waals surface area contributed by atoms with Gasteiger partial charge >= 0.3 is 0 Å². The minimum Gasteiger partial charge on any atom is -0.377 e. The van der Waals surface area contributed by atoms with Crippen molar-refractivity contribution < 1.29 is 13.5 Å². The van der Waals surface area contributed by atoms with Gasteiger partial charge in [0.05, 0.1) is 11.3 Å². The van der Waals surface area contributed by atoms with E-state index in [1.54, 1.807) is 14.2 Å². The van der Waals surface area contributed by atoms with Gasteiger partial charge in [0.2, 0.25) is 0 Å². The molecule has 0 radical (unpaired) electrons. The summed E-state index contributed by atoms with van der Waals surface area (Å²) in [6, 6.07) is 3.56. The maximum atomic E-state index is 13.9. The van der Waals surface area contributed by atoms with Crippen molar-refractivity contribution in [2.45, 2.75) is 19.4 Å². The maximum Gasteiger partial charge on any atom is 0.193 e. The van der Waals surface area contributed by atoms with Gasteiger partial charge in [-0.15, -0.1) is 0 Å². The molecule has 1 aliphatic heterocycles. The Balaban J connectivity index is 1.95. The number of ether oxygens (including phenoxy) is 1. The summed E-state index contributed by atoms with van der Waals surface area (Å²) in [5.74, 6) is -0.0261. The van der Waals surface area contributed by atoms with E-state index in [1.165, 1.54) is 12.1 Å². The van der Waals surface area contributed by atoms with Crippen LogP contribution >= 0.6 is 0 Å². The van der Waals surface area contributed by atoms with Crippen LogP contribution in [0.1, 0.15) is 13.8 Å². The van der Waals surface area contributed by atoms with E-state index in [-0.39, 0.29) is 5.60 Å². The van der Waals surface area contributed by atoms with E-state index in [2.05, 4.69) is 15.2 Å². The van der Waals surface area contributed by atoms with Crippen LogP contribution in [0.4, 0.5) is 14.5 Å². The van der Waals surface area contributed by atoms with Crippen molar-refractivity contribution in [1.29, 1.82) is 0 Å². The molecule has 1 aromatic rings. The molecule has 1 aromatic carbocycles. The van der Waals surface area contributed by atoms with Crippen LogP contribution in [0.15, 0.2) is 23.2 Å². The predicted octanol–water partition coefficient (Wildman–Crippen LogP) is 2.09. The zero-order chi connectivity index (χ0) is 17.7. The van der Waals surface area contributed by atoms with Crippen molar-refractivity contribution in [3.63, 3.8) is 0 Å². The van der Waals surface area contributed by atoms with Crippen LogP contribution in [0.3, 0.4) is 0 Å². The van der Waals surface area contributed by atoms with Crippen LogP contribution in [-0.2, 0) is 4.74 Å². The van der Waals surface area contributed by atoms with E-state index >= 15 is 0 Å². The molecule has 2 rings (SSSR count). The van der Waals surface area contributed by atoms with Gasteiger partial charge < -0.3 is 19.9 Å². The highest BCUT2D eigenvalue weighted by atomic mass is 19.1. The van der Waals surface area contributed by atoms with Crippen LogP contribution in [0.2, 0.25) is 0 Å². The fourth-order valence-corrected chi connectivity index (χ4v) is 2.58. The normalized spacial score (nSPS) is 16.5. The summed E-state index contributed by atoms with van der Waals surface area (Å²) in [6.45, 7) is 7.21. The number of aliphatic imine (C=N–C) groups is 1. The average molecular weight is 340 g/mol. The minimum absolute atomic E-state index is 0.289. The third kappa shape index (κ3) is 4.56. The highest BCUT2D eigenvalue weighted by molar-refractivity contribution is 5.80. The molecule has 7 heteroatoms. The van der Waals surface area contributed by atoms with E-state index in [0.717, 1.165) is 12.0 Å². The van der Waals surface area contributed by atoms with E-state index in [0.29, 0.717) is 38.4 Å². The lowest BCUT2D eigenvalue weighted by Crippen LogP contribution is -2.54. The van der Waals surface area contributed by atoms with Gasteiger partial charge in [0, 0.05) is 52.9 Å². The summed E-state index contributed by atoms with van der Waals surface area (Å²) in [4.78, 5) is 8.27. The Morgan fingerprint density at radius 1 is 1.25 bits per heavy atom. The minimum atomic E-state index is -0.423. The highest BCUT2D eigenvalue weighted by Gasteiger charge is 2.23. The summed E-state index contributed by atoms with van der Waals surface area (Å²) in [7, 11) is 3.41. The number of piperazine rings is 1. The first-order chi connectivity index (χ1) is 11.4. The number of hydrogen-bond donors (Lipinski definition) is 1. The van der Waals surface area contributed by atoms with Gasteiger partial charge in [0.25, 0.3) is 0 Å². The fourth-order valence-electron chi connectivity index (χ4n) is 2.58. The van der Waals surface area contributed by atoms with Crippen molar-refractivity contribution in [1.82, 2.24) is 10.2 Å². The number of methoxy groups -OCH3 is 1. The summed E-state index contributed by atoms with van der Waals surface area (Å²) < 4.78 is 32.7. The number of nitrogens with zero attached hydrogens (tertiary/aromatic N) is 3. The highest BCUT2D eigenvalue weighted by Crippen LogP contribution is 2.22. The summed E-state index contributed by atoms with van der Waals surface area (Å²) >= 11 is 0. The van der Waals surface area contributed by atoms with Gasteiger partial charge in [-0.1, -0.05) is 0 Å². The van der Waals surface area contributed by atoms with E-state index in [9.17, 15) is 8.78 Å². The van der Waals surface area contributed by atoms with Gasteiger partial charge in [0.1, 0.15) is 11.6 Å². The number of anilines is 1. The molecule has 0 bridgehead atoms. The number of hydrogen-bond acceptors (Lipinski definition) is 3. The molecule has 5 nitrogen and oxygen atoms in total. The number of rotatable bonds is 4. The molecule has 1 saturated heterocycles. The first-order valence-electron chi connectivity index (χ1n) is 8.07. The number of benzene rings is 1. The third-order valence-corrected chi connectivity index (χ3v) is 4.26. The second kappa shape index (κ2) is 7.79. The topological polar surface area (TPSA) is 40.1 Å². The van der Waals surface area contributed by atoms with Crippen molar-refractivity contribution in [3.05, 3.63) is 29.8 Å². The molecule has 0 spiro atoms. The molecule has 1 heterocycles. The number of halogens is 2. The molecule has 0 aliphatic carbocycles. The summed E-state index contributed by atoms with van der Waals surface area (Å²) in [5.41, 5.74) is 0.0285. The van der Waals surface area contributed by atoms with Gasteiger partial charge in [-0.25, -0.2) is 8.78 Å². The Bertz CT molecular complexity index is 584. The molecule has 1 fully saturated rings. The lowest BCUT2D eigenvalue weighted by molar-refractivity contribution is 0.0263. The fraction of sp³-hybridized carbons (Fsp3) is 0.588. The molecule has 0 atom stereocenters. The third-order valence-electron chi connectivity index (χ3n) is 4.26. The van der Waals surface area contributed by atoms with Crippen molar-refractivity contribution >= 4 is 11.6 Å². The van der Waals surface area contributed by atoms with Gasteiger partial charge in [-0.05, 0) is 26.0 Å². The second-order valence-corrected chi connectivity index (χ2v) is 6.43. The largest absolute Gasteiger partial charge is 0.377 e. The molecular weight excluding hydrogens is 314 g/mol. The molecule has 0 saturated carbocycles. The van der Waals surface area contributed by atoms with Crippen LogP contribution in [0.25, 0.3) is 0 Å². The quantitative estimate of drug-likeness (QED) is 0.673. The van der Waals surface area contributed by atoms with Crippen LogP contribution in [0.5, 0.6) is 0 Å². The molecule has 0 amide bonds. The first kappa shape index (κ1) is 18.4. The first-order valence-corrected chi connectivity index (χ1v) is 8.07. The SMILES string of the molecule is CN=C(NCC(C)(C)OC)N1CCN(c2cc(F)ccc2F)CC1. The molecule has 0 unspecified atom stereocenters. The van der Waals surface area contributed by atoms with E-state index in [1.807, 2.05) is 18.7 Å². The molecule has 134 valence electrons. The van der Waals surface area contributed by atoms with Gasteiger partial charge in [0.15, 0.2) is 5.96 Å². The van der Waals surface area contributed by atoms with Crippen LogP contribution in [0, 0.1) is 11.6 Å². The molecule has 24 heavy (non-hydrogen) atoms. The van der Waals surface area contributed by atoms with Crippen molar-refractivity contribution in [2.75, 3.05) is 51.8 Å². The van der Waals surface area contributed by atoms with Crippen molar-refractivity contribution in [2.24, 2.45) is 4.99 Å². The molecule has 1 aliphatic rings. The Labute approximate surface area is 142 Å². The number of guanidine groups is 1. The summed E-state index contributed by atoms with van der Waals surface area (Å²) in [6.07, 6.45) is 0. The second-order valence-electron chi connectivity index (χ2n) is 6.43. The van der Waals surface area contributed by atoms with Gasteiger partial charge in [-0.3, -0.25) is 4.99 Å². The Hall–Kier alpha value is -1.89. The Morgan fingerprint density at radius 2 is 1.92 bits per heavy atom. The van der Waals surface area contributed by atoms with E-state index < -0.39 is 11.6 Å². The lowest BCUT2D eigenvalue weighted by Gasteiger charge is -2.38. The monoisotopic (exact) mass is 340 g/mol. The zero-order valence-electron chi connectivity index (χ0n) is 14.8. The Kier molecular flexibility index (Phi) is 5.99. The maximum absolute atomic E-state index is 13.9. The van der Waals surface area contributed by atoms with E-state index in [4.69, 9.17) is 4.74 Å². The Morgan fingerprint density at radius 3 is 2.50 bits per heavy atom. The van der Waals surface area contributed by atoms with Crippen LogP contribution in [-0.4, -0.2) is 63.3 Å². The lowest BCUT2D eigenvalue weighted by atomic mass is 10.1. The molecular formula is C17H26F2N4O. The molecule has 0 aromatic heterocycles. The average Bonchev–Trinajstić information content (AvgIpc) is 2.58. The van der Waals surface area contributed by atoms with Crippen LogP contribution < -0.4 is 10.2 Å². The standard InChI is InChI=1S/C17H26F2N4O/c1-17(2,24-4)12-21-16(20-3)23-9-7-22(8-10-23)15-11-13(18)5-6-14(15)19/h5-6,11H,7-10,12H2,1-4H3,(H,20,21).